The van der Waals surface area contributed by atoms with Crippen LogP contribution in [0.2, 0.25) is 10.0 Å². The van der Waals surface area contributed by atoms with Gasteiger partial charge in [0.15, 0.2) is 0 Å². The largest absolute Gasteiger partial charge is 0.379 e. The van der Waals surface area contributed by atoms with Crippen LogP contribution in [0.3, 0.4) is 0 Å². The van der Waals surface area contributed by atoms with Crippen molar-refractivity contribution in [2.45, 2.75) is 44.2 Å². The van der Waals surface area contributed by atoms with Crippen LogP contribution in [0.15, 0.2) is 41.3 Å². The number of hydrogen-bond donors (Lipinski definition) is 0. The number of amides is 1. The summed E-state index contributed by atoms with van der Waals surface area (Å²) >= 11 is 12.0. The zero-order valence-corrected chi connectivity index (χ0v) is 23.0. The monoisotopic (exact) mass is 558 g/mol. The van der Waals surface area contributed by atoms with E-state index >= 15 is 0 Å². The number of hydrogen-bond acceptors (Lipinski definition) is 7. The molecule has 0 radical (unpaired) electrons. The molecule has 0 aromatic heterocycles. The van der Waals surface area contributed by atoms with Gasteiger partial charge in [0, 0.05) is 57.2 Å². The minimum atomic E-state index is -4.23. The Morgan fingerprint density at radius 2 is 1.86 bits per heavy atom. The number of halogens is 2. The molecular formula is C25H32Cl2N2O6S. The molecule has 1 amide bonds. The minimum absolute atomic E-state index is 0.0786. The van der Waals surface area contributed by atoms with Crippen LogP contribution in [0.25, 0.3) is 0 Å². The third-order valence-electron chi connectivity index (χ3n) is 5.99. The van der Waals surface area contributed by atoms with E-state index in [9.17, 15) is 13.2 Å². The van der Waals surface area contributed by atoms with E-state index in [0.717, 1.165) is 31.6 Å². The van der Waals surface area contributed by atoms with Crippen LogP contribution in [0.5, 0.6) is 5.75 Å². The first-order valence-corrected chi connectivity index (χ1v) is 14.0. The molecule has 0 spiro atoms. The van der Waals surface area contributed by atoms with Crippen LogP contribution < -0.4 is 9.08 Å². The molecule has 1 heterocycles. The molecule has 198 valence electrons. The van der Waals surface area contributed by atoms with E-state index in [2.05, 4.69) is 4.90 Å². The number of anilines is 1. The minimum Gasteiger partial charge on any atom is -0.379 e. The molecule has 0 aliphatic carbocycles. The highest BCUT2D eigenvalue weighted by Crippen LogP contribution is 2.32. The third-order valence-corrected chi connectivity index (χ3v) is 7.96. The maximum atomic E-state index is 13.2. The summed E-state index contributed by atoms with van der Waals surface area (Å²) in [5, 5.41) is 0.340. The Balaban J connectivity index is 1.98. The average Bonchev–Trinajstić information content (AvgIpc) is 3.35. The zero-order chi connectivity index (χ0) is 26.3. The van der Waals surface area contributed by atoms with Crippen molar-refractivity contribution in [1.29, 1.82) is 0 Å². The molecule has 1 aliphatic rings. The highest BCUT2D eigenvalue weighted by molar-refractivity contribution is 7.87. The van der Waals surface area contributed by atoms with Gasteiger partial charge in [0.2, 0.25) is 5.91 Å². The normalized spacial score (nSPS) is 15.6. The maximum absolute atomic E-state index is 13.2. The van der Waals surface area contributed by atoms with Crippen molar-refractivity contribution in [3.8, 4) is 5.75 Å². The van der Waals surface area contributed by atoms with Crippen LogP contribution >= 0.6 is 23.2 Å². The number of carbonyl (C=O) groups is 1. The highest BCUT2D eigenvalue weighted by Gasteiger charge is 2.26. The zero-order valence-electron chi connectivity index (χ0n) is 20.7. The molecule has 1 fully saturated rings. The lowest BCUT2D eigenvalue weighted by atomic mass is 10.1. The fourth-order valence-corrected chi connectivity index (χ4v) is 5.39. The van der Waals surface area contributed by atoms with Gasteiger partial charge in [-0.15, -0.1) is 0 Å². The number of carbonyl (C=O) groups excluding carboxylic acids is 1. The summed E-state index contributed by atoms with van der Waals surface area (Å²) in [7, 11) is -2.78. The fraction of sp³-hybridized carbons (Fsp3) is 0.480. The smallest absolute Gasteiger partial charge is 0.339 e. The van der Waals surface area contributed by atoms with Crippen molar-refractivity contribution in [2.75, 3.05) is 44.9 Å². The molecule has 2 aromatic carbocycles. The molecule has 3 rings (SSSR count). The molecule has 1 saturated heterocycles. The van der Waals surface area contributed by atoms with E-state index in [1.807, 2.05) is 19.9 Å². The summed E-state index contributed by atoms with van der Waals surface area (Å²) in [6.07, 6.45) is 1.71. The van der Waals surface area contributed by atoms with Crippen LogP contribution in [0, 0.1) is 0 Å². The van der Waals surface area contributed by atoms with E-state index in [1.54, 1.807) is 17.0 Å². The molecule has 2 aromatic rings. The number of rotatable bonds is 12. The summed E-state index contributed by atoms with van der Waals surface area (Å²) in [4.78, 5) is 16.4. The van der Waals surface area contributed by atoms with E-state index in [-0.39, 0.29) is 45.9 Å². The molecule has 8 nitrogen and oxygen atoms in total. The fourth-order valence-electron chi connectivity index (χ4n) is 4.04. The van der Waals surface area contributed by atoms with Gasteiger partial charge in [0.25, 0.3) is 0 Å². The first kappa shape index (κ1) is 28.5. The van der Waals surface area contributed by atoms with E-state index in [0.29, 0.717) is 18.7 Å². The second-order valence-corrected chi connectivity index (χ2v) is 10.8. The summed E-state index contributed by atoms with van der Waals surface area (Å²) in [5.74, 6) is -0.0906. The molecule has 11 heteroatoms. The molecule has 1 aliphatic heterocycles. The Bertz CT molecular complexity index is 1150. The van der Waals surface area contributed by atoms with Crippen LogP contribution in [0.1, 0.15) is 32.3 Å². The Labute approximate surface area is 223 Å². The lowest BCUT2D eigenvalue weighted by molar-refractivity contribution is -0.137. The second-order valence-electron chi connectivity index (χ2n) is 8.42. The van der Waals surface area contributed by atoms with Gasteiger partial charge in [-0.3, -0.25) is 4.79 Å². The van der Waals surface area contributed by atoms with Crippen molar-refractivity contribution >= 4 is 44.9 Å². The van der Waals surface area contributed by atoms with Crippen molar-refractivity contribution in [2.24, 2.45) is 0 Å². The summed E-state index contributed by atoms with van der Waals surface area (Å²) < 4.78 is 42.8. The van der Waals surface area contributed by atoms with Crippen LogP contribution in [-0.4, -0.2) is 65.3 Å². The highest BCUT2D eigenvalue weighted by atomic mass is 35.5. The Hall–Kier alpha value is -2.04. The van der Waals surface area contributed by atoms with Gasteiger partial charge < -0.3 is 23.5 Å². The number of ether oxygens (including phenoxy) is 2. The summed E-state index contributed by atoms with van der Waals surface area (Å²) in [6.45, 7) is 6.55. The van der Waals surface area contributed by atoms with Gasteiger partial charge in [-0.25, -0.2) is 0 Å². The topological polar surface area (TPSA) is 85.4 Å². The van der Waals surface area contributed by atoms with Crippen molar-refractivity contribution in [3.05, 3.63) is 52.0 Å². The Kier molecular flexibility index (Phi) is 10.3. The standard InChI is InChI=1S/C25H32Cl2N2O6S/c1-4-28(5-2)19-9-8-18(15-29(25(30)17-33-3)16-20-7-6-12-34-20)24(13-19)35-36(31,32)21-10-11-22(26)23(27)14-21/h8-11,13-14,20H,4-7,12,15-17H2,1-3H3/t20-/m0/s1. The van der Waals surface area contributed by atoms with Crippen molar-refractivity contribution in [3.63, 3.8) is 0 Å². The number of methoxy groups -OCH3 is 1. The Morgan fingerprint density at radius 1 is 1.11 bits per heavy atom. The summed E-state index contributed by atoms with van der Waals surface area (Å²) in [6, 6.07) is 9.35. The molecule has 1 atom stereocenters. The quantitative estimate of drug-likeness (QED) is 0.347. The summed E-state index contributed by atoms with van der Waals surface area (Å²) in [5.41, 5.74) is 1.34. The van der Waals surface area contributed by atoms with Gasteiger partial charge in [-0.2, -0.15) is 8.42 Å². The van der Waals surface area contributed by atoms with Gasteiger partial charge in [-0.1, -0.05) is 29.3 Å². The van der Waals surface area contributed by atoms with E-state index in [4.69, 9.17) is 36.9 Å². The predicted molar refractivity (Wildman–Crippen MR) is 141 cm³/mol. The molecule has 0 saturated carbocycles. The number of nitrogens with zero attached hydrogens (tertiary/aromatic N) is 2. The predicted octanol–water partition coefficient (Wildman–Crippen LogP) is 4.76. The van der Waals surface area contributed by atoms with Gasteiger partial charge in [0.1, 0.15) is 17.3 Å². The second kappa shape index (κ2) is 13.0. The molecule has 0 unspecified atom stereocenters. The van der Waals surface area contributed by atoms with Crippen molar-refractivity contribution in [1.82, 2.24) is 4.90 Å². The Morgan fingerprint density at radius 3 is 2.47 bits per heavy atom. The molecule has 36 heavy (non-hydrogen) atoms. The molecule has 0 N–H and O–H groups in total. The SMILES string of the molecule is CCN(CC)c1ccc(CN(C[C@@H]2CCCO2)C(=O)COC)c(OS(=O)(=O)c2ccc(Cl)c(Cl)c2)c1. The first-order valence-electron chi connectivity index (χ1n) is 11.8. The third kappa shape index (κ3) is 7.26. The average molecular weight is 560 g/mol. The van der Waals surface area contributed by atoms with E-state index in [1.165, 1.54) is 25.3 Å². The number of benzene rings is 2. The molecule has 0 bridgehead atoms. The maximum Gasteiger partial charge on any atom is 0.339 e. The lowest BCUT2D eigenvalue weighted by Crippen LogP contribution is -2.39. The van der Waals surface area contributed by atoms with Gasteiger partial charge in [0.05, 0.1) is 16.1 Å². The molecular weight excluding hydrogens is 527 g/mol. The van der Waals surface area contributed by atoms with Crippen LogP contribution in [0.4, 0.5) is 5.69 Å². The lowest BCUT2D eigenvalue weighted by Gasteiger charge is -2.27. The van der Waals surface area contributed by atoms with Crippen molar-refractivity contribution < 1.29 is 26.9 Å². The van der Waals surface area contributed by atoms with E-state index < -0.39 is 10.1 Å². The van der Waals surface area contributed by atoms with Crippen LogP contribution in [-0.2, 0) is 30.9 Å². The van der Waals surface area contributed by atoms with Gasteiger partial charge in [-0.05, 0) is 51.0 Å². The first-order chi connectivity index (χ1) is 17.2. The van der Waals surface area contributed by atoms with Gasteiger partial charge >= 0.3 is 10.1 Å².